The molecular weight excluding hydrogens is 284 g/mol. The van der Waals surface area contributed by atoms with Crippen molar-refractivity contribution in [3.63, 3.8) is 0 Å². The SMILES string of the molecule is COc1cc(C(=O)N/N=C(\C)c2ccccc2O)ccc1O. The highest BCUT2D eigenvalue weighted by Crippen LogP contribution is 2.26. The van der Waals surface area contributed by atoms with Crippen LogP contribution in [-0.2, 0) is 0 Å². The van der Waals surface area contributed by atoms with Crippen LogP contribution in [0.3, 0.4) is 0 Å². The van der Waals surface area contributed by atoms with Crippen molar-refractivity contribution in [2.75, 3.05) is 7.11 Å². The predicted octanol–water partition coefficient (Wildman–Crippen LogP) is 2.26. The Bertz CT molecular complexity index is 726. The Kier molecular flexibility index (Phi) is 4.63. The number of methoxy groups -OCH3 is 1. The van der Waals surface area contributed by atoms with E-state index < -0.39 is 5.91 Å². The van der Waals surface area contributed by atoms with Crippen LogP contribution in [0.15, 0.2) is 47.6 Å². The second-order valence-electron chi connectivity index (χ2n) is 4.54. The molecule has 0 spiro atoms. The maximum Gasteiger partial charge on any atom is 0.271 e. The van der Waals surface area contributed by atoms with Gasteiger partial charge in [0.05, 0.1) is 12.8 Å². The van der Waals surface area contributed by atoms with Crippen LogP contribution in [0.1, 0.15) is 22.8 Å². The molecule has 0 aromatic heterocycles. The standard InChI is InChI=1S/C16H16N2O4/c1-10(12-5-3-4-6-13(12)19)17-18-16(21)11-7-8-14(20)15(9-11)22-2/h3-9,19-20H,1-2H3,(H,18,21)/b17-10+. The first-order valence-corrected chi connectivity index (χ1v) is 6.53. The van der Waals surface area contributed by atoms with Crippen molar-refractivity contribution in [2.45, 2.75) is 6.92 Å². The summed E-state index contributed by atoms with van der Waals surface area (Å²) in [5.41, 5.74) is 3.69. The van der Waals surface area contributed by atoms with E-state index in [2.05, 4.69) is 10.5 Å². The Hall–Kier alpha value is -3.02. The molecule has 2 aromatic carbocycles. The first-order chi connectivity index (χ1) is 10.5. The number of aromatic hydroxyl groups is 2. The number of ether oxygens (including phenoxy) is 1. The molecule has 1 amide bonds. The number of hydrazone groups is 1. The number of amides is 1. The third-order valence-electron chi connectivity index (χ3n) is 3.06. The molecule has 0 fully saturated rings. The van der Waals surface area contributed by atoms with Crippen LogP contribution in [-0.4, -0.2) is 28.9 Å². The van der Waals surface area contributed by atoms with E-state index in [4.69, 9.17) is 4.74 Å². The molecule has 6 heteroatoms. The van der Waals surface area contributed by atoms with E-state index in [0.29, 0.717) is 16.8 Å². The monoisotopic (exact) mass is 300 g/mol. The average Bonchev–Trinajstić information content (AvgIpc) is 2.53. The lowest BCUT2D eigenvalue weighted by atomic mass is 10.1. The van der Waals surface area contributed by atoms with Gasteiger partial charge in [-0.2, -0.15) is 5.10 Å². The minimum Gasteiger partial charge on any atom is -0.507 e. The topological polar surface area (TPSA) is 91.2 Å². The molecule has 3 N–H and O–H groups in total. The van der Waals surface area contributed by atoms with E-state index in [1.54, 1.807) is 31.2 Å². The highest BCUT2D eigenvalue weighted by molar-refractivity contribution is 6.02. The Morgan fingerprint density at radius 3 is 2.55 bits per heavy atom. The Labute approximate surface area is 127 Å². The molecule has 0 heterocycles. The summed E-state index contributed by atoms with van der Waals surface area (Å²) in [6.07, 6.45) is 0. The fourth-order valence-corrected chi connectivity index (χ4v) is 1.86. The van der Waals surface area contributed by atoms with Crippen LogP contribution in [0.2, 0.25) is 0 Å². The minimum atomic E-state index is -0.451. The van der Waals surface area contributed by atoms with Gasteiger partial charge in [0, 0.05) is 11.1 Å². The second-order valence-corrected chi connectivity index (χ2v) is 4.54. The Morgan fingerprint density at radius 2 is 1.86 bits per heavy atom. The lowest BCUT2D eigenvalue weighted by molar-refractivity contribution is 0.0954. The van der Waals surface area contributed by atoms with Gasteiger partial charge in [0.25, 0.3) is 5.91 Å². The van der Waals surface area contributed by atoms with Crippen molar-refractivity contribution < 1.29 is 19.7 Å². The number of nitrogens with one attached hydrogen (secondary N) is 1. The summed E-state index contributed by atoms with van der Waals surface area (Å²) in [5, 5.41) is 23.2. The summed E-state index contributed by atoms with van der Waals surface area (Å²) in [5.74, 6) is -0.209. The van der Waals surface area contributed by atoms with Crippen LogP contribution in [0.4, 0.5) is 0 Å². The van der Waals surface area contributed by atoms with E-state index in [-0.39, 0.29) is 17.2 Å². The van der Waals surface area contributed by atoms with E-state index in [1.807, 2.05) is 0 Å². The van der Waals surface area contributed by atoms with Gasteiger partial charge in [0.15, 0.2) is 11.5 Å². The van der Waals surface area contributed by atoms with Crippen LogP contribution >= 0.6 is 0 Å². The summed E-state index contributed by atoms with van der Waals surface area (Å²) >= 11 is 0. The third-order valence-corrected chi connectivity index (χ3v) is 3.06. The van der Waals surface area contributed by atoms with Gasteiger partial charge in [-0.1, -0.05) is 12.1 Å². The van der Waals surface area contributed by atoms with Gasteiger partial charge in [-0.05, 0) is 37.3 Å². The molecule has 0 saturated heterocycles. The maximum atomic E-state index is 12.0. The molecule has 2 rings (SSSR count). The lowest BCUT2D eigenvalue weighted by Gasteiger charge is -2.07. The highest BCUT2D eigenvalue weighted by atomic mass is 16.5. The number of phenols is 2. The molecule has 0 aliphatic heterocycles. The van der Waals surface area contributed by atoms with Crippen molar-refractivity contribution in [3.8, 4) is 17.2 Å². The van der Waals surface area contributed by atoms with Gasteiger partial charge in [0.1, 0.15) is 5.75 Å². The average molecular weight is 300 g/mol. The molecule has 0 atom stereocenters. The van der Waals surface area contributed by atoms with Gasteiger partial charge in [0.2, 0.25) is 0 Å². The van der Waals surface area contributed by atoms with Crippen molar-refractivity contribution in [2.24, 2.45) is 5.10 Å². The van der Waals surface area contributed by atoms with Gasteiger partial charge in [-0.15, -0.1) is 0 Å². The minimum absolute atomic E-state index is 0.0482. The van der Waals surface area contributed by atoms with Crippen molar-refractivity contribution in [3.05, 3.63) is 53.6 Å². The number of carbonyl (C=O) groups excluding carboxylic acids is 1. The quantitative estimate of drug-likeness (QED) is 0.596. The maximum absolute atomic E-state index is 12.0. The number of rotatable bonds is 4. The van der Waals surface area contributed by atoms with Crippen LogP contribution < -0.4 is 10.2 Å². The molecular formula is C16H16N2O4. The molecule has 0 saturated carbocycles. The number of para-hydroxylation sites is 1. The first kappa shape index (κ1) is 15.4. The zero-order chi connectivity index (χ0) is 16.1. The zero-order valence-electron chi connectivity index (χ0n) is 12.2. The second kappa shape index (κ2) is 6.62. The molecule has 0 bridgehead atoms. The fourth-order valence-electron chi connectivity index (χ4n) is 1.86. The molecule has 0 radical (unpaired) electrons. The van der Waals surface area contributed by atoms with E-state index in [1.165, 1.54) is 25.3 Å². The van der Waals surface area contributed by atoms with Gasteiger partial charge in [-0.25, -0.2) is 5.43 Å². The van der Waals surface area contributed by atoms with Crippen LogP contribution in [0, 0.1) is 0 Å². The van der Waals surface area contributed by atoms with E-state index >= 15 is 0 Å². The van der Waals surface area contributed by atoms with Crippen molar-refractivity contribution >= 4 is 11.6 Å². The Morgan fingerprint density at radius 1 is 1.14 bits per heavy atom. The number of benzene rings is 2. The molecule has 0 unspecified atom stereocenters. The summed E-state index contributed by atoms with van der Waals surface area (Å²) in [7, 11) is 1.40. The van der Waals surface area contributed by atoms with Crippen LogP contribution in [0.5, 0.6) is 17.2 Å². The zero-order valence-corrected chi connectivity index (χ0v) is 12.2. The largest absolute Gasteiger partial charge is 0.507 e. The first-order valence-electron chi connectivity index (χ1n) is 6.53. The Balaban J connectivity index is 2.15. The number of hydrogen-bond donors (Lipinski definition) is 3. The molecule has 0 aliphatic rings. The molecule has 0 aliphatic carbocycles. The van der Waals surface area contributed by atoms with E-state index in [0.717, 1.165) is 0 Å². The highest BCUT2D eigenvalue weighted by Gasteiger charge is 2.10. The number of phenolic OH excluding ortho intramolecular Hbond substituents is 2. The van der Waals surface area contributed by atoms with Crippen molar-refractivity contribution in [1.82, 2.24) is 5.43 Å². The predicted molar refractivity (Wildman–Crippen MR) is 82.4 cm³/mol. The lowest BCUT2D eigenvalue weighted by Crippen LogP contribution is -2.19. The molecule has 22 heavy (non-hydrogen) atoms. The fraction of sp³-hybridized carbons (Fsp3) is 0.125. The molecule has 6 nitrogen and oxygen atoms in total. The van der Waals surface area contributed by atoms with Crippen LogP contribution in [0.25, 0.3) is 0 Å². The number of nitrogens with zero attached hydrogens (tertiary/aromatic N) is 1. The van der Waals surface area contributed by atoms with Gasteiger partial charge < -0.3 is 14.9 Å². The summed E-state index contributed by atoms with van der Waals surface area (Å²) in [6, 6.07) is 10.9. The third kappa shape index (κ3) is 3.35. The summed E-state index contributed by atoms with van der Waals surface area (Å²) in [6.45, 7) is 1.67. The normalized spacial score (nSPS) is 11.1. The van der Waals surface area contributed by atoms with E-state index in [9.17, 15) is 15.0 Å². The summed E-state index contributed by atoms with van der Waals surface area (Å²) in [4.78, 5) is 12.0. The number of carbonyl (C=O) groups is 1. The summed E-state index contributed by atoms with van der Waals surface area (Å²) < 4.78 is 4.95. The number of hydrogen-bond acceptors (Lipinski definition) is 5. The molecule has 2 aromatic rings. The molecule has 114 valence electrons. The van der Waals surface area contributed by atoms with Gasteiger partial charge in [-0.3, -0.25) is 4.79 Å². The van der Waals surface area contributed by atoms with Crippen molar-refractivity contribution in [1.29, 1.82) is 0 Å². The smallest absolute Gasteiger partial charge is 0.271 e. The van der Waals surface area contributed by atoms with Gasteiger partial charge >= 0.3 is 0 Å².